The number of alkyl halides is 3. The molecule has 0 spiro atoms. The van der Waals surface area contributed by atoms with Gasteiger partial charge in [-0.3, -0.25) is 4.79 Å². The Morgan fingerprint density at radius 3 is 2.44 bits per heavy atom. The number of carboxylic acids is 1. The molecule has 0 bridgehead atoms. The lowest BCUT2D eigenvalue weighted by Crippen LogP contribution is -2.32. The maximum Gasteiger partial charge on any atom is 0.422 e. The van der Waals surface area contributed by atoms with Crippen LogP contribution in [0, 0.1) is 5.92 Å². The van der Waals surface area contributed by atoms with Gasteiger partial charge < -0.3 is 15.2 Å². The summed E-state index contributed by atoms with van der Waals surface area (Å²) in [7, 11) is 0. The van der Waals surface area contributed by atoms with Gasteiger partial charge in [0.15, 0.2) is 6.61 Å². The van der Waals surface area contributed by atoms with Gasteiger partial charge in [-0.25, -0.2) is 4.79 Å². The Morgan fingerprint density at radius 2 is 2.00 bits per heavy atom. The quantitative estimate of drug-likeness (QED) is 0.765. The first-order valence-corrected chi connectivity index (χ1v) is 4.40. The molecule has 0 aliphatic rings. The van der Waals surface area contributed by atoms with Gasteiger partial charge in [0.05, 0.1) is 0 Å². The molecule has 94 valence electrons. The van der Waals surface area contributed by atoms with E-state index < -0.39 is 24.8 Å². The minimum absolute atomic E-state index is 0.0526. The second-order valence-corrected chi connectivity index (χ2v) is 3.28. The zero-order chi connectivity index (χ0) is 12.8. The van der Waals surface area contributed by atoms with Crippen LogP contribution in [0.5, 0.6) is 0 Å². The van der Waals surface area contributed by atoms with Crippen molar-refractivity contribution in [3.63, 3.8) is 0 Å². The summed E-state index contributed by atoms with van der Waals surface area (Å²) in [5.41, 5.74) is 0. The van der Waals surface area contributed by atoms with E-state index in [2.05, 4.69) is 4.74 Å². The van der Waals surface area contributed by atoms with Crippen LogP contribution >= 0.6 is 0 Å². The first-order chi connectivity index (χ1) is 7.20. The molecule has 1 amide bonds. The summed E-state index contributed by atoms with van der Waals surface area (Å²) in [6.07, 6.45) is -5.96. The number of hydrogen-bond donors (Lipinski definition) is 2. The molecule has 0 radical (unpaired) electrons. The number of carbonyl (C=O) groups is 2. The van der Waals surface area contributed by atoms with Crippen molar-refractivity contribution in [2.75, 3.05) is 13.2 Å². The van der Waals surface area contributed by atoms with E-state index in [1.807, 2.05) is 5.32 Å². The van der Waals surface area contributed by atoms with Gasteiger partial charge in [0.1, 0.15) is 0 Å². The summed E-state index contributed by atoms with van der Waals surface area (Å²) < 4.78 is 38.7. The van der Waals surface area contributed by atoms with Gasteiger partial charge in [0, 0.05) is 13.0 Å². The largest absolute Gasteiger partial charge is 0.481 e. The van der Waals surface area contributed by atoms with Crippen molar-refractivity contribution in [3.05, 3.63) is 0 Å². The predicted octanol–water partition coefficient (Wildman–Crippen LogP) is 1.39. The lowest BCUT2D eigenvalue weighted by Gasteiger charge is -2.11. The number of ether oxygens (including phenoxy) is 1. The fourth-order valence-corrected chi connectivity index (χ4v) is 0.826. The molecule has 0 heterocycles. The minimum atomic E-state index is -4.57. The topological polar surface area (TPSA) is 75.6 Å². The smallest absolute Gasteiger partial charge is 0.422 e. The lowest BCUT2D eigenvalue weighted by atomic mass is 10.1. The average Bonchev–Trinajstić information content (AvgIpc) is 2.09. The molecule has 0 saturated heterocycles. The molecule has 8 heteroatoms. The highest BCUT2D eigenvalue weighted by Gasteiger charge is 2.29. The van der Waals surface area contributed by atoms with Crippen molar-refractivity contribution >= 4 is 12.1 Å². The van der Waals surface area contributed by atoms with E-state index >= 15 is 0 Å². The molecular formula is C8H12F3NO4. The number of amides is 1. The van der Waals surface area contributed by atoms with Crippen LogP contribution < -0.4 is 5.32 Å². The molecule has 0 rings (SSSR count). The third kappa shape index (κ3) is 9.10. The molecule has 2 N–H and O–H groups in total. The van der Waals surface area contributed by atoms with Crippen LogP contribution in [-0.4, -0.2) is 36.5 Å². The fourth-order valence-electron chi connectivity index (χ4n) is 0.826. The summed E-state index contributed by atoms with van der Waals surface area (Å²) in [5.74, 6) is -1.42. The molecule has 0 aromatic carbocycles. The second-order valence-electron chi connectivity index (χ2n) is 3.28. The zero-order valence-corrected chi connectivity index (χ0v) is 8.50. The van der Waals surface area contributed by atoms with Crippen molar-refractivity contribution in [1.82, 2.24) is 5.32 Å². The van der Waals surface area contributed by atoms with E-state index in [1.165, 1.54) is 6.92 Å². The highest BCUT2D eigenvalue weighted by atomic mass is 19.4. The molecule has 0 aromatic heterocycles. The summed E-state index contributed by atoms with van der Waals surface area (Å²) in [4.78, 5) is 20.9. The van der Waals surface area contributed by atoms with Crippen molar-refractivity contribution in [2.45, 2.75) is 19.5 Å². The molecule has 1 unspecified atom stereocenters. The maximum atomic E-state index is 11.6. The molecule has 5 nitrogen and oxygen atoms in total. The standard InChI is InChI=1S/C8H12F3NO4/c1-5(2-6(13)14)3-12-7(15)16-4-8(9,10)11/h5H,2-4H2,1H3,(H,12,15)(H,13,14). The van der Waals surface area contributed by atoms with Crippen LogP contribution in [0.15, 0.2) is 0 Å². The van der Waals surface area contributed by atoms with Gasteiger partial charge in [-0.15, -0.1) is 0 Å². The highest BCUT2D eigenvalue weighted by molar-refractivity contribution is 5.68. The normalized spacial score (nSPS) is 13.0. The Balaban J connectivity index is 3.69. The third-order valence-corrected chi connectivity index (χ3v) is 1.48. The van der Waals surface area contributed by atoms with E-state index in [4.69, 9.17) is 5.11 Å². The number of rotatable bonds is 5. The number of aliphatic carboxylic acids is 1. The Labute approximate surface area is 89.6 Å². The Kier molecular flexibility index (Phi) is 5.62. The third-order valence-electron chi connectivity index (χ3n) is 1.48. The fraction of sp³-hybridized carbons (Fsp3) is 0.750. The SMILES string of the molecule is CC(CNC(=O)OCC(F)(F)F)CC(=O)O. The number of alkyl carbamates (subject to hydrolysis) is 1. The van der Waals surface area contributed by atoms with Gasteiger partial charge in [-0.1, -0.05) is 6.92 Å². The van der Waals surface area contributed by atoms with E-state index in [0.29, 0.717) is 0 Å². The highest BCUT2D eigenvalue weighted by Crippen LogP contribution is 2.14. The molecular weight excluding hydrogens is 231 g/mol. The van der Waals surface area contributed by atoms with Crippen LogP contribution in [-0.2, 0) is 9.53 Å². The Morgan fingerprint density at radius 1 is 1.44 bits per heavy atom. The Bertz CT molecular complexity index is 254. The van der Waals surface area contributed by atoms with Crippen molar-refractivity contribution < 1.29 is 32.6 Å². The first-order valence-electron chi connectivity index (χ1n) is 4.40. The van der Waals surface area contributed by atoms with E-state index in [0.717, 1.165) is 0 Å². The zero-order valence-electron chi connectivity index (χ0n) is 8.50. The minimum Gasteiger partial charge on any atom is -0.481 e. The predicted molar refractivity (Wildman–Crippen MR) is 46.8 cm³/mol. The number of halogens is 3. The molecule has 0 aliphatic carbocycles. The van der Waals surface area contributed by atoms with Crippen molar-refractivity contribution in [1.29, 1.82) is 0 Å². The van der Waals surface area contributed by atoms with Crippen molar-refractivity contribution in [3.8, 4) is 0 Å². The number of nitrogens with one attached hydrogen (secondary N) is 1. The monoisotopic (exact) mass is 243 g/mol. The molecule has 16 heavy (non-hydrogen) atoms. The Hall–Kier alpha value is -1.47. The van der Waals surface area contributed by atoms with Gasteiger partial charge >= 0.3 is 18.2 Å². The van der Waals surface area contributed by atoms with Crippen LogP contribution in [0.3, 0.4) is 0 Å². The number of hydrogen-bond acceptors (Lipinski definition) is 3. The van der Waals surface area contributed by atoms with E-state index in [-0.39, 0.29) is 18.9 Å². The maximum absolute atomic E-state index is 11.6. The molecule has 1 atom stereocenters. The number of carboxylic acid groups (broad SMARTS) is 1. The summed E-state index contributed by atoms with van der Waals surface area (Å²) in [5, 5.41) is 10.4. The van der Waals surface area contributed by atoms with Gasteiger partial charge in [0.2, 0.25) is 0 Å². The average molecular weight is 243 g/mol. The van der Waals surface area contributed by atoms with E-state index in [9.17, 15) is 22.8 Å². The van der Waals surface area contributed by atoms with Crippen LogP contribution in [0.1, 0.15) is 13.3 Å². The molecule has 0 aromatic rings. The van der Waals surface area contributed by atoms with Gasteiger partial charge in [0.25, 0.3) is 0 Å². The summed E-state index contributed by atoms with van der Waals surface area (Å²) in [6.45, 7) is -0.173. The second kappa shape index (κ2) is 6.19. The molecule has 0 aliphatic heterocycles. The van der Waals surface area contributed by atoms with Gasteiger partial charge in [-0.05, 0) is 5.92 Å². The first kappa shape index (κ1) is 14.5. The lowest BCUT2D eigenvalue weighted by molar-refractivity contribution is -0.160. The van der Waals surface area contributed by atoms with Gasteiger partial charge in [-0.2, -0.15) is 13.2 Å². The van der Waals surface area contributed by atoms with Crippen LogP contribution in [0.2, 0.25) is 0 Å². The van der Waals surface area contributed by atoms with Crippen LogP contribution in [0.25, 0.3) is 0 Å². The number of carbonyl (C=O) groups excluding carboxylic acids is 1. The summed E-state index contributed by atoms with van der Waals surface area (Å²) in [6, 6.07) is 0. The molecule has 0 saturated carbocycles. The van der Waals surface area contributed by atoms with Crippen LogP contribution in [0.4, 0.5) is 18.0 Å². The van der Waals surface area contributed by atoms with Crippen molar-refractivity contribution in [2.24, 2.45) is 5.92 Å². The summed E-state index contributed by atoms with van der Waals surface area (Å²) >= 11 is 0. The van der Waals surface area contributed by atoms with E-state index in [1.54, 1.807) is 0 Å². The molecule has 0 fully saturated rings.